The highest BCUT2D eigenvalue weighted by Gasteiger charge is 2.19. The molecule has 1 unspecified atom stereocenters. The van der Waals surface area contributed by atoms with Gasteiger partial charge in [0.15, 0.2) is 0 Å². The Balaban J connectivity index is 1.72. The maximum absolute atomic E-state index is 11.9. The number of carbonyl (C=O) groups excluding carboxylic acids is 2. The highest BCUT2D eigenvalue weighted by molar-refractivity contribution is 8.00. The molecule has 1 saturated heterocycles. The third-order valence-corrected chi connectivity index (χ3v) is 4.15. The van der Waals surface area contributed by atoms with Crippen molar-refractivity contribution in [3.05, 3.63) is 24.3 Å². The van der Waals surface area contributed by atoms with Gasteiger partial charge in [0.05, 0.1) is 12.4 Å². The van der Waals surface area contributed by atoms with Crippen LogP contribution in [0, 0.1) is 0 Å². The van der Waals surface area contributed by atoms with E-state index in [2.05, 4.69) is 10.6 Å². The Morgan fingerprint density at radius 1 is 1.43 bits per heavy atom. The van der Waals surface area contributed by atoms with Crippen LogP contribution < -0.4 is 15.4 Å². The fourth-order valence-corrected chi connectivity index (χ4v) is 2.78. The van der Waals surface area contributed by atoms with Gasteiger partial charge in [0.1, 0.15) is 5.75 Å². The molecule has 1 atom stereocenters. The Morgan fingerprint density at radius 3 is 2.81 bits per heavy atom. The molecule has 1 heterocycles. The summed E-state index contributed by atoms with van der Waals surface area (Å²) in [5.74, 6) is 1.27. The first-order chi connectivity index (χ1) is 10.2. The normalized spacial score (nSPS) is 18.0. The molecule has 0 aromatic heterocycles. The predicted octanol–water partition coefficient (Wildman–Crippen LogP) is 1.57. The van der Waals surface area contributed by atoms with E-state index >= 15 is 0 Å². The molecule has 1 aromatic rings. The Hall–Kier alpha value is -1.69. The van der Waals surface area contributed by atoms with Crippen LogP contribution in [0.15, 0.2) is 29.2 Å². The smallest absolute Gasteiger partial charge is 0.230 e. The van der Waals surface area contributed by atoms with E-state index in [-0.39, 0.29) is 17.9 Å². The van der Waals surface area contributed by atoms with Crippen molar-refractivity contribution in [2.24, 2.45) is 0 Å². The molecule has 1 aliphatic heterocycles. The summed E-state index contributed by atoms with van der Waals surface area (Å²) in [5.41, 5.74) is 0. The maximum Gasteiger partial charge on any atom is 0.230 e. The number of amides is 2. The van der Waals surface area contributed by atoms with Crippen LogP contribution in [-0.4, -0.2) is 36.8 Å². The quantitative estimate of drug-likeness (QED) is 0.783. The minimum atomic E-state index is -0.00460. The molecule has 2 N–H and O–H groups in total. The number of hydrogen-bond donors (Lipinski definition) is 2. The van der Waals surface area contributed by atoms with Crippen molar-refractivity contribution < 1.29 is 14.3 Å². The molecule has 2 amide bonds. The zero-order valence-electron chi connectivity index (χ0n) is 12.1. The molecule has 0 spiro atoms. The number of nitrogens with one attached hydrogen (secondary N) is 2. The topological polar surface area (TPSA) is 67.4 Å². The SMILES string of the molecule is CCOc1ccc(SCC(=O)NC2CCC(=O)NC2)cc1. The van der Waals surface area contributed by atoms with Crippen LogP contribution in [0.4, 0.5) is 0 Å². The molecule has 6 heteroatoms. The zero-order valence-corrected chi connectivity index (χ0v) is 12.9. The highest BCUT2D eigenvalue weighted by Crippen LogP contribution is 2.21. The molecule has 1 aliphatic rings. The summed E-state index contributed by atoms with van der Waals surface area (Å²) in [6.45, 7) is 3.12. The number of hydrogen-bond acceptors (Lipinski definition) is 4. The van der Waals surface area contributed by atoms with Crippen molar-refractivity contribution in [3.8, 4) is 5.75 Å². The number of rotatable bonds is 6. The van der Waals surface area contributed by atoms with Crippen molar-refractivity contribution >= 4 is 23.6 Å². The Kier molecular flexibility index (Phi) is 5.92. The van der Waals surface area contributed by atoms with Gasteiger partial charge < -0.3 is 15.4 Å². The van der Waals surface area contributed by atoms with Gasteiger partial charge in [-0.1, -0.05) is 0 Å². The van der Waals surface area contributed by atoms with E-state index in [9.17, 15) is 9.59 Å². The van der Waals surface area contributed by atoms with Gasteiger partial charge in [-0.3, -0.25) is 9.59 Å². The molecule has 1 fully saturated rings. The van der Waals surface area contributed by atoms with Gasteiger partial charge in [-0.05, 0) is 37.6 Å². The largest absolute Gasteiger partial charge is 0.494 e. The molecule has 0 aliphatic carbocycles. The van der Waals surface area contributed by atoms with Gasteiger partial charge in [-0.25, -0.2) is 0 Å². The summed E-state index contributed by atoms with van der Waals surface area (Å²) in [6.07, 6.45) is 1.20. The molecule has 0 saturated carbocycles. The molecule has 5 nitrogen and oxygen atoms in total. The van der Waals surface area contributed by atoms with E-state index in [0.717, 1.165) is 10.6 Å². The lowest BCUT2D eigenvalue weighted by atomic mass is 10.1. The van der Waals surface area contributed by atoms with Crippen LogP contribution in [-0.2, 0) is 9.59 Å². The number of carbonyl (C=O) groups is 2. The maximum atomic E-state index is 11.9. The molecular weight excluding hydrogens is 288 g/mol. The number of benzene rings is 1. The Labute approximate surface area is 128 Å². The van der Waals surface area contributed by atoms with E-state index in [1.54, 1.807) is 0 Å². The summed E-state index contributed by atoms with van der Waals surface area (Å²) >= 11 is 1.49. The van der Waals surface area contributed by atoms with Crippen molar-refractivity contribution in [2.75, 3.05) is 18.9 Å². The third kappa shape index (κ3) is 5.30. The van der Waals surface area contributed by atoms with Crippen LogP contribution in [0.1, 0.15) is 19.8 Å². The van der Waals surface area contributed by atoms with Crippen molar-refractivity contribution in [1.29, 1.82) is 0 Å². The molecule has 21 heavy (non-hydrogen) atoms. The summed E-state index contributed by atoms with van der Waals surface area (Å²) in [4.78, 5) is 23.9. The summed E-state index contributed by atoms with van der Waals surface area (Å²) in [5, 5.41) is 5.70. The van der Waals surface area contributed by atoms with Gasteiger partial charge in [0.2, 0.25) is 11.8 Å². The number of piperidine rings is 1. The van der Waals surface area contributed by atoms with Crippen LogP contribution in [0.25, 0.3) is 0 Å². The monoisotopic (exact) mass is 308 g/mol. The fourth-order valence-electron chi connectivity index (χ4n) is 2.07. The second-order valence-electron chi connectivity index (χ2n) is 4.80. The molecular formula is C15H20N2O3S. The minimum Gasteiger partial charge on any atom is -0.494 e. The lowest BCUT2D eigenvalue weighted by molar-refractivity contribution is -0.124. The number of thioether (sulfide) groups is 1. The average molecular weight is 308 g/mol. The predicted molar refractivity (Wildman–Crippen MR) is 82.5 cm³/mol. The van der Waals surface area contributed by atoms with Crippen LogP contribution >= 0.6 is 11.8 Å². The van der Waals surface area contributed by atoms with Gasteiger partial charge in [-0.2, -0.15) is 0 Å². The van der Waals surface area contributed by atoms with Gasteiger partial charge in [-0.15, -0.1) is 11.8 Å². The van der Waals surface area contributed by atoms with Crippen molar-refractivity contribution in [1.82, 2.24) is 10.6 Å². The standard InChI is InChI=1S/C15H20N2O3S/c1-2-20-12-4-6-13(7-5-12)21-10-15(19)17-11-3-8-14(18)16-9-11/h4-7,11H,2-3,8-10H2,1H3,(H,16,18)(H,17,19). The van der Waals surface area contributed by atoms with Crippen LogP contribution in [0.3, 0.4) is 0 Å². The van der Waals surface area contributed by atoms with Crippen molar-refractivity contribution in [2.45, 2.75) is 30.7 Å². The lowest BCUT2D eigenvalue weighted by Crippen LogP contribution is -2.48. The number of ether oxygens (including phenoxy) is 1. The second-order valence-corrected chi connectivity index (χ2v) is 5.85. The summed E-state index contributed by atoms with van der Waals surface area (Å²) in [6, 6.07) is 7.75. The Bertz CT molecular complexity index is 480. The highest BCUT2D eigenvalue weighted by atomic mass is 32.2. The first kappa shape index (κ1) is 15.7. The van der Waals surface area contributed by atoms with Crippen LogP contribution in [0.5, 0.6) is 5.75 Å². The molecule has 1 aromatic carbocycles. The minimum absolute atomic E-state index is 0.00460. The molecule has 0 bridgehead atoms. The van der Waals surface area contributed by atoms with Gasteiger partial charge in [0, 0.05) is 23.9 Å². The van der Waals surface area contributed by atoms with Crippen LogP contribution in [0.2, 0.25) is 0 Å². The molecule has 0 radical (unpaired) electrons. The van der Waals surface area contributed by atoms with E-state index < -0.39 is 0 Å². The fraction of sp³-hybridized carbons (Fsp3) is 0.467. The first-order valence-electron chi connectivity index (χ1n) is 7.09. The van der Waals surface area contributed by atoms with Gasteiger partial charge >= 0.3 is 0 Å². The molecule has 114 valence electrons. The van der Waals surface area contributed by atoms with E-state index in [1.165, 1.54) is 11.8 Å². The second kappa shape index (κ2) is 7.93. The summed E-state index contributed by atoms with van der Waals surface area (Å²) in [7, 11) is 0. The zero-order chi connectivity index (χ0) is 15.1. The summed E-state index contributed by atoms with van der Waals surface area (Å²) < 4.78 is 5.37. The van der Waals surface area contributed by atoms with E-state index in [0.29, 0.717) is 31.7 Å². The van der Waals surface area contributed by atoms with E-state index in [1.807, 2.05) is 31.2 Å². The Morgan fingerprint density at radius 2 is 2.19 bits per heavy atom. The van der Waals surface area contributed by atoms with E-state index in [4.69, 9.17) is 4.74 Å². The lowest BCUT2D eigenvalue weighted by Gasteiger charge is -2.23. The van der Waals surface area contributed by atoms with Crippen molar-refractivity contribution in [3.63, 3.8) is 0 Å². The first-order valence-corrected chi connectivity index (χ1v) is 8.07. The molecule has 2 rings (SSSR count). The third-order valence-electron chi connectivity index (χ3n) is 3.14. The van der Waals surface area contributed by atoms with Gasteiger partial charge in [0.25, 0.3) is 0 Å². The average Bonchev–Trinajstić information content (AvgIpc) is 2.49.